The van der Waals surface area contributed by atoms with Gasteiger partial charge in [0.15, 0.2) is 5.75 Å². The fourth-order valence-electron chi connectivity index (χ4n) is 3.08. The van der Waals surface area contributed by atoms with Gasteiger partial charge < -0.3 is 21.5 Å². The second-order valence-corrected chi connectivity index (χ2v) is 6.84. The number of allylic oxidation sites excluding steroid dienone is 1. The molecule has 0 saturated carbocycles. The van der Waals surface area contributed by atoms with E-state index in [-0.39, 0.29) is 0 Å². The summed E-state index contributed by atoms with van der Waals surface area (Å²) in [4.78, 5) is 0. The van der Waals surface area contributed by atoms with Crippen LogP contribution in [0.25, 0.3) is 6.08 Å². The van der Waals surface area contributed by atoms with Crippen LogP contribution in [0.15, 0.2) is 54.6 Å². The summed E-state index contributed by atoms with van der Waals surface area (Å²) in [7, 11) is 0. The van der Waals surface area contributed by atoms with Crippen LogP contribution in [0.2, 0.25) is 0 Å². The topological polar surface area (TPSA) is 121 Å². The summed E-state index contributed by atoms with van der Waals surface area (Å²) in [5.74, 6) is 1.18. The third-order valence-corrected chi connectivity index (χ3v) is 4.52. The molecule has 6 heteroatoms. The van der Waals surface area contributed by atoms with Gasteiger partial charge in [-0.2, -0.15) is 10.5 Å². The fraction of sp³-hybridized carbons (Fsp3) is 0.0833. The molecule has 3 aromatic carbocycles. The average Bonchev–Trinajstić information content (AvgIpc) is 2.72. The van der Waals surface area contributed by atoms with E-state index in [2.05, 4.69) is 11.4 Å². The summed E-state index contributed by atoms with van der Waals surface area (Å²) in [6, 6.07) is 18.4. The quantitative estimate of drug-likeness (QED) is 0.392. The maximum absolute atomic E-state index is 8.94. The van der Waals surface area contributed by atoms with Crippen molar-refractivity contribution in [2.45, 2.75) is 13.8 Å². The molecule has 0 aliphatic rings. The van der Waals surface area contributed by atoms with Gasteiger partial charge in [-0.25, -0.2) is 0 Å². The van der Waals surface area contributed by atoms with Crippen LogP contribution in [0.4, 0.5) is 22.7 Å². The van der Waals surface area contributed by atoms with Crippen molar-refractivity contribution < 1.29 is 4.74 Å². The van der Waals surface area contributed by atoms with Crippen molar-refractivity contribution in [1.29, 1.82) is 10.5 Å². The first-order valence-corrected chi connectivity index (χ1v) is 9.22. The summed E-state index contributed by atoms with van der Waals surface area (Å²) in [6.07, 6.45) is 3.19. The lowest BCUT2D eigenvalue weighted by Crippen LogP contribution is -2.01. The maximum atomic E-state index is 8.94. The van der Waals surface area contributed by atoms with Crippen LogP contribution >= 0.6 is 0 Å². The molecule has 5 N–H and O–H groups in total. The van der Waals surface area contributed by atoms with E-state index in [1.807, 2.05) is 32.0 Å². The molecule has 0 amide bonds. The lowest BCUT2D eigenvalue weighted by Gasteiger charge is -2.17. The summed E-state index contributed by atoms with van der Waals surface area (Å²) >= 11 is 0. The van der Waals surface area contributed by atoms with Gasteiger partial charge in [-0.3, -0.25) is 0 Å². The van der Waals surface area contributed by atoms with E-state index in [4.69, 9.17) is 26.7 Å². The van der Waals surface area contributed by atoms with Crippen molar-refractivity contribution in [3.8, 4) is 23.6 Å². The van der Waals surface area contributed by atoms with Crippen LogP contribution in [0.1, 0.15) is 22.3 Å². The van der Waals surface area contributed by atoms with Crippen LogP contribution in [-0.2, 0) is 0 Å². The zero-order valence-corrected chi connectivity index (χ0v) is 16.7. The Morgan fingerprint density at radius 1 is 0.933 bits per heavy atom. The van der Waals surface area contributed by atoms with E-state index >= 15 is 0 Å². The van der Waals surface area contributed by atoms with E-state index in [0.717, 1.165) is 22.4 Å². The van der Waals surface area contributed by atoms with Crippen LogP contribution in [0.5, 0.6) is 11.5 Å². The molecule has 0 aliphatic carbocycles. The van der Waals surface area contributed by atoms with Crippen LogP contribution < -0.4 is 21.5 Å². The van der Waals surface area contributed by atoms with Gasteiger partial charge in [0.05, 0.1) is 34.8 Å². The van der Waals surface area contributed by atoms with Gasteiger partial charge in [0.2, 0.25) is 0 Å². The zero-order chi connectivity index (χ0) is 21.7. The first-order valence-electron chi connectivity index (χ1n) is 9.22. The van der Waals surface area contributed by atoms with E-state index in [1.54, 1.807) is 42.5 Å². The lowest BCUT2D eigenvalue weighted by atomic mass is 10.1. The highest BCUT2D eigenvalue weighted by atomic mass is 16.5. The highest BCUT2D eigenvalue weighted by Crippen LogP contribution is 2.38. The van der Waals surface area contributed by atoms with Gasteiger partial charge in [0.25, 0.3) is 0 Å². The zero-order valence-electron chi connectivity index (χ0n) is 16.7. The number of rotatable bonds is 5. The number of ether oxygens (including phenoxy) is 1. The number of anilines is 4. The molecule has 0 aromatic heterocycles. The first-order chi connectivity index (χ1) is 14.4. The molecule has 0 fully saturated rings. The highest BCUT2D eigenvalue weighted by molar-refractivity contribution is 5.79. The monoisotopic (exact) mass is 395 g/mol. The number of benzene rings is 3. The van der Waals surface area contributed by atoms with Gasteiger partial charge in [-0.1, -0.05) is 0 Å². The molecule has 0 spiro atoms. The summed E-state index contributed by atoms with van der Waals surface area (Å²) in [6.45, 7) is 3.88. The van der Waals surface area contributed by atoms with Crippen LogP contribution in [-0.4, -0.2) is 0 Å². The summed E-state index contributed by atoms with van der Waals surface area (Å²) in [5.41, 5.74) is 18.0. The number of nitrogens with zero attached hydrogens (tertiary/aromatic N) is 2. The van der Waals surface area contributed by atoms with Crippen molar-refractivity contribution in [2.75, 3.05) is 16.8 Å². The smallest absolute Gasteiger partial charge is 0.152 e. The first kappa shape index (κ1) is 20.3. The van der Waals surface area contributed by atoms with Crippen molar-refractivity contribution in [3.63, 3.8) is 0 Å². The Hall–Kier alpha value is -4.42. The number of aryl methyl sites for hydroxylation is 2. The number of nitrogen functional groups attached to an aromatic ring is 2. The van der Waals surface area contributed by atoms with Crippen LogP contribution in [0.3, 0.4) is 0 Å². The van der Waals surface area contributed by atoms with Crippen molar-refractivity contribution in [3.05, 3.63) is 76.9 Å². The number of nitrogens with one attached hydrogen (secondary N) is 1. The summed E-state index contributed by atoms with van der Waals surface area (Å²) in [5, 5.41) is 20.9. The second-order valence-electron chi connectivity index (χ2n) is 6.84. The Morgan fingerprint density at radius 2 is 1.60 bits per heavy atom. The minimum Gasteiger partial charge on any atom is -0.455 e. The standard InChI is InChI=1S/C24H21N5O/c1-15-10-18(4-3-9-25)11-16(2)24(15)30-23-13-22(20(27)12-21(23)28)29-19-7-5-17(14-26)6-8-19/h3-8,10-13,29H,27-28H2,1-2H3/b4-3+. The molecule has 0 atom stereocenters. The molecule has 148 valence electrons. The van der Waals surface area contributed by atoms with Crippen molar-refractivity contribution >= 4 is 28.8 Å². The van der Waals surface area contributed by atoms with E-state index < -0.39 is 0 Å². The maximum Gasteiger partial charge on any atom is 0.152 e. The Morgan fingerprint density at radius 3 is 2.20 bits per heavy atom. The number of hydrogen-bond acceptors (Lipinski definition) is 6. The van der Waals surface area contributed by atoms with E-state index in [9.17, 15) is 0 Å². The third kappa shape index (κ3) is 4.52. The van der Waals surface area contributed by atoms with Crippen molar-refractivity contribution in [2.24, 2.45) is 0 Å². The molecular formula is C24H21N5O. The molecule has 0 heterocycles. The van der Waals surface area contributed by atoms with Gasteiger partial charge in [0, 0.05) is 17.8 Å². The van der Waals surface area contributed by atoms with Gasteiger partial charge in [-0.15, -0.1) is 0 Å². The molecule has 0 bridgehead atoms. The molecule has 30 heavy (non-hydrogen) atoms. The predicted molar refractivity (Wildman–Crippen MR) is 120 cm³/mol. The van der Waals surface area contributed by atoms with Crippen LogP contribution in [0, 0.1) is 36.5 Å². The van der Waals surface area contributed by atoms with Gasteiger partial charge in [0.1, 0.15) is 5.75 Å². The summed E-state index contributed by atoms with van der Waals surface area (Å²) < 4.78 is 6.15. The number of nitrogens with two attached hydrogens (primary N) is 2. The minimum atomic E-state index is 0.421. The van der Waals surface area contributed by atoms with E-state index in [1.165, 1.54) is 6.08 Å². The molecule has 0 unspecified atom stereocenters. The Kier molecular flexibility index (Phi) is 5.91. The predicted octanol–water partition coefficient (Wildman–Crippen LogP) is 5.41. The average molecular weight is 395 g/mol. The molecule has 3 rings (SSSR count). The SMILES string of the molecule is Cc1cc(/C=C/C#N)cc(C)c1Oc1cc(Nc2ccc(C#N)cc2)c(N)cc1N. The molecule has 3 aromatic rings. The molecule has 0 saturated heterocycles. The normalized spacial score (nSPS) is 10.4. The van der Waals surface area contributed by atoms with Crippen molar-refractivity contribution in [1.82, 2.24) is 0 Å². The minimum absolute atomic E-state index is 0.421. The molecule has 6 nitrogen and oxygen atoms in total. The van der Waals surface area contributed by atoms with E-state index in [0.29, 0.717) is 34.1 Å². The second kappa shape index (κ2) is 8.72. The number of nitriles is 2. The van der Waals surface area contributed by atoms with Gasteiger partial charge >= 0.3 is 0 Å². The third-order valence-electron chi connectivity index (χ3n) is 4.52. The molecular weight excluding hydrogens is 374 g/mol. The largest absolute Gasteiger partial charge is 0.455 e. The number of hydrogen-bond donors (Lipinski definition) is 3. The Balaban J connectivity index is 1.91. The molecule has 0 radical (unpaired) electrons. The van der Waals surface area contributed by atoms with Gasteiger partial charge in [-0.05, 0) is 79.1 Å². The highest BCUT2D eigenvalue weighted by Gasteiger charge is 2.12. The Labute approximate surface area is 175 Å². The Bertz CT molecular complexity index is 1170. The molecule has 0 aliphatic heterocycles. The fourth-order valence-corrected chi connectivity index (χ4v) is 3.08. The lowest BCUT2D eigenvalue weighted by molar-refractivity contribution is 0.477.